The number of aliphatic imine (C=N–C) groups is 2. The lowest BCUT2D eigenvalue weighted by Gasteiger charge is -2.31. The molecular weight excluding hydrogens is 674 g/mol. The van der Waals surface area contributed by atoms with Gasteiger partial charge in [0.1, 0.15) is 35.8 Å². The van der Waals surface area contributed by atoms with E-state index in [0.717, 1.165) is 49.9 Å². The molecule has 2 fully saturated rings. The van der Waals surface area contributed by atoms with Crippen LogP contribution in [0.2, 0.25) is 0 Å². The van der Waals surface area contributed by atoms with Crippen LogP contribution in [0.15, 0.2) is 58.5 Å². The lowest BCUT2D eigenvalue weighted by molar-refractivity contribution is -0.149. The summed E-state index contributed by atoms with van der Waals surface area (Å²) in [5, 5.41) is 9.05. The average molecular weight is 709 g/mol. The van der Waals surface area contributed by atoms with Crippen molar-refractivity contribution in [3.05, 3.63) is 70.8 Å². The van der Waals surface area contributed by atoms with Crippen molar-refractivity contribution in [3.8, 4) is 0 Å². The van der Waals surface area contributed by atoms with Crippen LogP contribution in [0.3, 0.4) is 0 Å². The zero-order valence-corrected chi connectivity index (χ0v) is 26.9. The lowest BCUT2D eigenvalue weighted by atomic mass is 10.1. The molecule has 2 aliphatic carbocycles. The second-order valence-electron chi connectivity index (χ2n) is 12.4. The third-order valence-electron chi connectivity index (χ3n) is 9.21. The maximum Gasteiger partial charge on any atom is 0.416 e. The third kappa shape index (κ3) is 7.38. The Hall–Kier alpha value is -4.76. The van der Waals surface area contributed by atoms with Crippen molar-refractivity contribution in [3.63, 3.8) is 0 Å². The fourth-order valence-corrected chi connectivity index (χ4v) is 6.83. The first kappa shape index (κ1) is 36.5. The summed E-state index contributed by atoms with van der Waals surface area (Å²) in [5.41, 5.74) is -2.53. The summed E-state index contributed by atoms with van der Waals surface area (Å²) in [5.74, 6) is -2.65. The number of hydrogen-bond donors (Lipinski definition) is 1. The minimum absolute atomic E-state index is 0.0341. The van der Waals surface area contributed by atoms with E-state index < -0.39 is 65.1 Å². The smallest absolute Gasteiger partial charge is 0.416 e. The van der Waals surface area contributed by atoms with Gasteiger partial charge in [-0.15, -0.1) is 0 Å². The van der Waals surface area contributed by atoms with Gasteiger partial charge in [-0.1, -0.05) is 24.3 Å². The molecule has 4 aliphatic rings. The molecule has 2 heterocycles. The van der Waals surface area contributed by atoms with Crippen LogP contribution in [0.5, 0.6) is 0 Å². The molecule has 0 saturated heterocycles. The van der Waals surface area contributed by atoms with E-state index in [-0.39, 0.29) is 30.1 Å². The van der Waals surface area contributed by atoms with Crippen LogP contribution in [0, 0.1) is 0 Å². The van der Waals surface area contributed by atoms with Crippen LogP contribution >= 0.6 is 0 Å². The van der Waals surface area contributed by atoms with Crippen LogP contribution in [0.4, 0.5) is 26.3 Å². The molecule has 0 aromatic heterocycles. The quantitative estimate of drug-likeness (QED) is 0.284. The van der Waals surface area contributed by atoms with Crippen molar-refractivity contribution in [1.29, 1.82) is 0 Å². The van der Waals surface area contributed by atoms with Crippen molar-refractivity contribution >= 4 is 35.2 Å². The van der Waals surface area contributed by atoms with E-state index in [4.69, 9.17) is 9.84 Å². The molecule has 2 aromatic carbocycles. The Kier molecular flexibility index (Phi) is 10.1. The number of benzene rings is 2. The summed E-state index contributed by atoms with van der Waals surface area (Å²) in [6.45, 7) is 1.21. The Morgan fingerprint density at radius 3 is 1.38 bits per heavy atom. The number of hydrogen-bond acceptors (Lipinski definition) is 7. The standard InChI is InChI=1S/C18H19F3N2O3.C16H15F3N2O3/c1-2-26-14(24)11-23-16(25)15(22-17(23)9-3-4-10-17)12-5-7-13(8-6-12)18(19,20)21;17-16(18,19)11-5-3-10(4-6-11)13-14(24)21(9-12(22)23)15(20-13)7-1-2-8-15/h5-8H,2-4,9-11H2,1H3;3-6H,1-2,7-9H2,(H,22,23). The van der Waals surface area contributed by atoms with Crippen LogP contribution < -0.4 is 0 Å². The molecular formula is C34H34F6N4O6. The monoisotopic (exact) mass is 708 g/mol. The molecule has 6 rings (SSSR count). The highest BCUT2D eigenvalue weighted by atomic mass is 19.4. The van der Waals surface area contributed by atoms with Gasteiger partial charge in [0.25, 0.3) is 11.8 Å². The van der Waals surface area contributed by atoms with E-state index in [2.05, 4.69) is 9.98 Å². The third-order valence-corrected chi connectivity index (χ3v) is 9.21. The number of carbonyl (C=O) groups excluding carboxylic acids is 3. The number of amides is 2. The maximum absolute atomic E-state index is 12.9. The molecule has 2 spiro atoms. The van der Waals surface area contributed by atoms with Crippen LogP contribution in [0.25, 0.3) is 0 Å². The first-order valence-electron chi connectivity index (χ1n) is 16.1. The van der Waals surface area contributed by atoms with Gasteiger partial charge in [0.05, 0.1) is 17.7 Å². The Morgan fingerprint density at radius 1 is 0.700 bits per heavy atom. The molecule has 0 unspecified atom stereocenters. The number of aliphatic carboxylic acids is 1. The largest absolute Gasteiger partial charge is 0.480 e. The number of rotatable bonds is 7. The van der Waals surface area contributed by atoms with Crippen molar-refractivity contribution in [2.45, 2.75) is 82.0 Å². The van der Waals surface area contributed by atoms with Crippen LogP contribution in [-0.4, -0.2) is 81.1 Å². The van der Waals surface area contributed by atoms with Gasteiger partial charge in [-0.25, -0.2) is 0 Å². The van der Waals surface area contributed by atoms with Crippen molar-refractivity contribution in [2.24, 2.45) is 9.98 Å². The minimum Gasteiger partial charge on any atom is -0.480 e. The van der Waals surface area contributed by atoms with Gasteiger partial charge in [0, 0.05) is 11.1 Å². The second-order valence-corrected chi connectivity index (χ2v) is 12.4. The molecule has 10 nitrogen and oxygen atoms in total. The highest BCUT2D eigenvalue weighted by Gasteiger charge is 2.51. The molecule has 0 atom stereocenters. The molecule has 2 aliphatic heterocycles. The summed E-state index contributed by atoms with van der Waals surface area (Å²) in [6, 6.07) is 8.55. The Labute approximate surface area is 282 Å². The normalized spacial score (nSPS) is 19.5. The van der Waals surface area contributed by atoms with E-state index in [9.17, 15) is 45.5 Å². The predicted molar refractivity (Wildman–Crippen MR) is 166 cm³/mol. The van der Waals surface area contributed by atoms with Gasteiger partial charge in [0.15, 0.2) is 0 Å². The van der Waals surface area contributed by atoms with Gasteiger partial charge >= 0.3 is 24.3 Å². The molecule has 2 aromatic rings. The summed E-state index contributed by atoms with van der Waals surface area (Å²) >= 11 is 0. The molecule has 2 amide bonds. The molecule has 1 N–H and O–H groups in total. The van der Waals surface area contributed by atoms with E-state index in [1.54, 1.807) is 6.92 Å². The molecule has 50 heavy (non-hydrogen) atoms. The number of carbonyl (C=O) groups is 4. The molecule has 16 heteroatoms. The second kappa shape index (κ2) is 13.9. The van der Waals surface area contributed by atoms with Crippen LogP contribution in [0.1, 0.15) is 80.5 Å². The molecule has 2 saturated carbocycles. The van der Waals surface area contributed by atoms with Crippen molar-refractivity contribution in [1.82, 2.24) is 9.80 Å². The Morgan fingerprint density at radius 2 is 1.06 bits per heavy atom. The number of nitrogens with zero attached hydrogens (tertiary/aromatic N) is 4. The van der Waals surface area contributed by atoms with Gasteiger partial charge in [-0.3, -0.25) is 29.2 Å². The Bertz CT molecular complexity index is 1690. The van der Waals surface area contributed by atoms with Gasteiger partial charge in [-0.2, -0.15) is 26.3 Å². The highest BCUT2D eigenvalue weighted by molar-refractivity contribution is 6.47. The minimum atomic E-state index is -4.46. The summed E-state index contributed by atoms with van der Waals surface area (Å²) < 4.78 is 81.1. The summed E-state index contributed by atoms with van der Waals surface area (Å²) in [6.07, 6.45) is -3.12. The van der Waals surface area contributed by atoms with E-state index in [1.807, 2.05) is 0 Å². The fraction of sp³-hybridized carbons (Fsp3) is 0.471. The SMILES string of the molecule is CCOC(=O)CN1C(=O)C(c2ccc(C(F)(F)F)cc2)=NC12CCCC2.O=C(O)CN1C(=O)C(c2ccc(C(F)(F)F)cc2)=NC12CCCC2. The Balaban J connectivity index is 0.000000195. The van der Waals surface area contributed by atoms with Crippen LogP contribution in [-0.2, 0) is 36.3 Å². The fourth-order valence-electron chi connectivity index (χ4n) is 6.83. The number of esters is 1. The highest BCUT2D eigenvalue weighted by Crippen LogP contribution is 2.42. The molecule has 0 bridgehead atoms. The predicted octanol–water partition coefficient (Wildman–Crippen LogP) is 5.86. The maximum atomic E-state index is 12.9. The van der Waals surface area contributed by atoms with E-state index in [1.165, 1.54) is 34.1 Å². The van der Waals surface area contributed by atoms with Gasteiger partial charge < -0.3 is 19.6 Å². The van der Waals surface area contributed by atoms with Gasteiger partial charge in [-0.05, 0) is 82.6 Å². The number of halogens is 6. The number of carboxylic acids is 1. The zero-order valence-electron chi connectivity index (χ0n) is 26.9. The molecule has 268 valence electrons. The number of ether oxygens (including phenoxy) is 1. The topological polar surface area (TPSA) is 129 Å². The summed E-state index contributed by atoms with van der Waals surface area (Å²) in [7, 11) is 0. The van der Waals surface area contributed by atoms with E-state index >= 15 is 0 Å². The lowest BCUT2D eigenvalue weighted by Crippen LogP contribution is -2.48. The van der Waals surface area contributed by atoms with E-state index in [0.29, 0.717) is 31.2 Å². The van der Waals surface area contributed by atoms with Crippen molar-refractivity contribution < 1.29 is 55.4 Å². The number of alkyl halides is 6. The first-order chi connectivity index (χ1) is 23.5. The number of carboxylic acid groups (broad SMARTS) is 1. The summed E-state index contributed by atoms with van der Waals surface area (Å²) in [4.78, 5) is 60.1. The first-order valence-corrected chi connectivity index (χ1v) is 16.1. The average Bonchev–Trinajstić information content (AvgIpc) is 3.84. The molecule has 0 radical (unpaired) electrons. The van der Waals surface area contributed by atoms with Gasteiger partial charge in [0.2, 0.25) is 0 Å². The zero-order chi connectivity index (χ0) is 36.5. The van der Waals surface area contributed by atoms with Crippen molar-refractivity contribution in [2.75, 3.05) is 19.7 Å².